The van der Waals surface area contributed by atoms with Gasteiger partial charge in [0.25, 0.3) is 0 Å². The summed E-state index contributed by atoms with van der Waals surface area (Å²) in [5.74, 6) is -0.763. The average Bonchev–Trinajstić information content (AvgIpc) is 3.73. The molecule has 7 aromatic rings. The molecule has 0 N–H and O–H groups in total. The van der Waals surface area contributed by atoms with E-state index in [0.717, 1.165) is 31.3 Å². The Bertz CT molecular complexity index is 2970. The van der Waals surface area contributed by atoms with Gasteiger partial charge in [-0.25, -0.2) is 0 Å². The van der Waals surface area contributed by atoms with Gasteiger partial charge in [-0.3, -0.25) is 28.8 Å². The number of allylic oxidation sites excluding steroid dienone is 2. The van der Waals surface area contributed by atoms with Gasteiger partial charge in [-0.05, 0) is 64.0 Å². The van der Waals surface area contributed by atoms with Crippen molar-refractivity contribution in [2.24, 2.45) is 0 Å². The first-order chi connectivity index (χ1) is 33.0. The van der Waals surface area contributed by atoms with Gasteiger partial charge in [0.05, 0.1) is 11.1 Å². The van der Waals surface area contributed by atoms with Crippen molar-refractivity contribution in [1.82, 2.24) is 0 Å². The lowest BCUT2D eigenvalue weighted by Crippen LogP contribution is -2.26. The second-order valence-electron chi connectivity index (χ2n) is 16.1. The van der Waals surface area contributed by atoms with E-state index in [1.807, 2.05) is 84.9 Å². The highest BCUT2D eigenvalue weighted by molar-refractivity contribution is 8.00. The molecule has 2 atom stereocenters. The second kappa shape index (κ2) is 20.1. The van der Waals surface area contributed by atoms with E-state index in [2.05, 4.69) is 0 Å². The fourth-order valence-electron chi connectivity index (χ4n) is 8.30. The van der Waals surface area contributed by atoms with Gasteiger partial charge in [-0.2, -0.15) is 0 Å². The molecule has 0 aliphatic heterocycles. The Morgan fingerprint density at radius 1 is 0.471 bits per heavy atom. The minimum Gasteiger partial charge on any atom is -0.489 e. The van der Waals surface area contributed by atoms with Crippen LogP contribution in [0.3, 0.4) is 0 Å². The zero-order chi connectivity index (χ0) is 47.3. The van der Waals surface area contributed by atoms with Crippen molar-refractivity contribution < 1.29 is 47.7 Å². The first-order valence-corrected chi connectivity index (χ1v) is 23.8. The summed E-state index contributed by atoms with van der Waals surface area (Å²) in [6, 6.07) is 44.0. The second-order valence-corrected chi connectivity index (χ2v) is 18.3. The van der Waals surface area contributed by atoms with Crippen LogP contribution < -0.4 is 9.47 Å². The number of thioether (sulfide) groups is 2. The van der Waals surface area contributed by atoms with Crippen molar-refractivity contribution in [3.8, 4) is 11.5 Å². The molecule has 68 heavy (non-hydrogen) atoms. The van der Waals surface area contributed by atoms with E-state index in [-0.39, 0.29) is 47.5 Å². The van der Waals surface area contributed by atoms with Crippen LogP contribution in [0.25, 0.3) is 33.7 Å². The normalized spacial score (nSPS) is 13.9. The summed E-state index contributed by atoms with van der Waals surface area (Å²) in [6.07, 6.45) is 1.86. The predicted molar refractivity (Wildman–Crippen MR) is 264 cm³/mol. The number of fused-ring (bicyclic) bond motifs is 4. The van der Waals surface area contributed by atoms with Crippen LogP contribution in [0.2, 0.25) is 0 Å². The number of ether oxygens (including phenoxy) is 4. The Balaban J connectivity index is 0.876. The summed E-state index contributed by atoms with van der Waals surface area (Å²) in [6.45, 7) is 2.68. The maximum Gasteiger partial charge on any atom is 0.303 e. The standard InChI is InChI=1S/C56H42O10S2/c1-33(57)65-37(29-63-51-24-22-35-12-3-5-16-41(35)47(51)27-49-53(59)43-18-7-8-19-44(43)54(49)60)31-67-39-14-11-15-40(26-39)68-32-38(66-34(2)58)30-64-52-25-23-36-13-4-6-17-42(36)48(52)28-50-55(61)45-20-9-10-21-46(45)56(50)62/h3-28,37-38H,29-32H2,1-2H3. The van der Waals surface area contributed by atoms with Gasteiger partial charge >= 0.3 is 11.9 Å². The lowest BCUT2D eigenvalue weighted by Gasteiger charge is -2.20. The van der Waals surface area contributed by atoms with E-state index in [9.17, 15) is 28.8 Å². The third-order valence-electron chi connectivity index (χ3n) is 11.4. The molecule has 0 spiro atoms. The van der Waals surface area contributed by atoms with Crippen LogP contribution in [0.15, 0.2) is 167 Å². The Hall–Kier alpha value is -7.54. The highest BCUT2D eigenvalue weighted by Gasteiger charge is 2.34. The highest BCUT2D eigenvalue weighted by Crippen LogP contribution is 2.37. The lowest BCUT2D eigenvalue weighted by atomic mass is 9.99. The maximum absolute atomic E-state index is 13.4. The summed E-state index contributed by atoms with van der Waals surface area (Å²) in [7, 11) is 0. The van der Waals surface area contributed by atoms with Crippen LogP contribution in [0.5, 0.6) is 11.5 Å². The Kier molecular flexibility index (Phi) is 13.5. The summed E-state index contributed by atoms with van der Waals surface area (Å²) >= 11 is 2.95. The minimum atomic E-state index is -0.666. The summed E-state index contributed by atoms with van der Waals surface area (Å²) in [5, 5.41) is 3.38. The van der Waals surface area contributed by atoms with Gasteiger partial charge in [0.1, 0.15) is 36.9 Å². The van der Waals surface area contributed by atoms with Gasteiger partial charge in [-0.15, -0.1) is 23.5 Å². The number of benzene rings is 7. The van der Waals surface area contributed by atoms with Crippen LogP contribution in [-0.2, 0) is 19.1 Å². The molecule has 12 heteroatoms. The number of rotatable bonds is 16. The smallest absolute Gasteiger partial charge is 0.303 e. The molecule has 0 amide bonds. The van der Waals surface area contributed by atoms with Crippen molar-refractivity contribution in [2.75, 3.05) is 24.7 Å². The monoisotopic (exact) mass is 938 g/mol. The largest absolute Gasteiger partial charge is 0.489 e. The minimum absolute atomic E-state index is 0.00197. The van der Waals surface area contributed by atoms with Crippen LogP contribution in [0.4, 0.5) is 0 Å². The molecule has 7 aromatic carbocycles. The van der Waals surface area contributed by atoms with E-state index in [1.165, 1.54) is 37.4 Å². The van der Waals surface area contributed by atoms with Gasteiger partial charge in [0, 0.05) is 68.5 Å². The van der Waals surface area contributed by atoms with E-state index < -0.39 is 24.1 Å². The molecule has 2 aliphatic carbocycles. The molecular weight excluding hydrogens is 897 g/mol. The summed E-state index contributed by atoms with van der Waals surface area (Å²) < 4.78 is 24.2. The van der Waals surface area contributed by atoms with E-state index in [1.54, 1.807) is 72.8 Å². The SMILES string of the molecule is CC(=O)OC(COc1ccc2ccccc2c1C=C1C(=O)c2ccccc2C1=O)CSc1cccc(SCC(COc2ccc3ccccc3c2C=C2C(=O)c3ccccc3C2=O)OC(C)=O)c1. The number of carbonyl (C=O) groups is 6. The van der Waals surface area contributed by atoms with E-state index >= 15 is 0 Å². The number of ketones is 4. The topological polar surface area (TPSA) is 139 Å². The van der Waals surface area contributed by atoms with Gasteiger partial charge in [0.15, 0.2) is 23.1 Å². The zero-order valence-electron chi connectivity index (χ0n) is 36.9. The first-order valence-electron chi connectivity index (χ1n) is 21.8. The molecule has 0 saturated carbocycles. The molecule has 2 unspecified atom stereocenters. The molecule has 0 fully saturated rings. The van der Waals surface area contributed by atoms with Crippen molar-refractivity contribution in [1.29, 1.82) is 0 Å². The Labute approximate surface area is 400 Å². The van der Waals surface area contributed by atoms with Crippen molar-refractivity contribution in [3.63, 3.8) is 0 Å². The molecule has 0 heterocycles. The van der Waals surface area contributed by atoms with Crippen molar-refractivity contribution in [2.45, 2.75) is 35.8 Å². The third kappa shape index (κ3) is 9.78. The number of hydrogen-bond donors (Lipinski definition) is 0. The first kappa shape index (κ1) is 45.6. The van der Waals surface area contributed by atoms with Gasteiger partial charge < -0.3 is 18.9 Å². The van der Waals surface area contributed by atoms with E-state index in [0.29, 0.717) is 56.4 Å². The van der Waals surface area contributed by atoms with Gasteiger partial charge in [-0.1, -0.05) is 115 Å². The summed E-state index contributed by atoms with van der Waals surface area (Å²) in [5.41, 5.74) is 2.72. The molecule has 0 aromatic heterocycles. The molecule has 0 saturated heterocycles. The predicted octanol–water partition coefficient (Wildman–Crippen LogP) is 11.1. The molecule has 9 rings (SSSR count). The number of hydrogen-bond acceptors (Lipinski definition) is 12. The Morgan fingerprint density at radius 3 is 1.22 bits per heavy atom. The fourth-order valence-corrected chi connectivity index (χ4v) is 10.2. The molecular formula is C56H42O10S2. The Morgan fingerprint density at radius 2 is 0.838 bits per heavy atom. The molecule has 0 bridgehead atoms. The van der Waals surface area contributed by atoms with Crippen LogP contribution >= 0.6 is 23.5 Å². The molecule has 10 nitrogen and oxygen atoms in total. The fraction of sp³-hybridized carbons (Fsp3) is 0.143. The summed E-state index contributed by atoms with van der Waals surface area (Å²) in [4.78, 5) is 80.0. The lowest BCUT2D eigenvalue weighted by molar-refractivity contribution is -0.147. The maximum atomic E-state index is 13.4. The quantitative estimate of drug-likeness (QED) is 0.0394. The van der Waals surface area contributed by atoms with Gasteiger partial charge in [0.2, 0.25) is 0 Å². The molecule has 0 radical (unpaired) electrons. The number of carbonyl (C=O) groups excluding carboxylic acids is 6. The highest BCUT2D eigenvalue weighted by atomic mass is 32.2. The van der Waals surface area contributed by atoms with Crippen molar-refractivity contribution in [3.05, 3.63) is 190 Å². The van der Waals surface area contributed by atoms with Crippen LogP contribution in [-0.4, -0.2) is 72.0 Å². The molecule has 338 valence electrons. The molecule has 2 aliphatic rings. The third-order valence-corrected chi connectivity index (χ3v) is 13.7. The average molecular weight is 939 g/mol. The zero-order valence-corrected chi connectivity index (χ0v) is 38.5. The number of esters is 2. The van der Waals surface area contributed by atoms with Crippen LogP contribution in [0.1, 0.15) is 66.4 Å². The van der Waals surface area contributed by atoms with Crippen molar-refractivity contribution >= 4 is 92.3 Å². The number of Topliss-reactive ketones (excluding diaryl/α,β-unsaturated/α-hetero) is 4. The van der Waals surface area contributed by atoms with Crippen LogP contribution in [0, 0.1) is 0 Å². The van der Waals surface area contributed by atoms with E-state index in [4.69, 9.17) is 18.9 Å².